The first-order valence-electron chi connectivity index (χ1n) is 8.05. The molecule has 0 aliphatic heterocycles. The van der Waals surface area contributed by atoms with Crippen LogP contribution in [0.15, 0.2) is 29.4 Å². The Morgan fingerprint density at radius 1 is 1.16 bits per heavy atom. The van der Waals surface area contributed by atoms with Crippen molar-refractivity contribution in [2.45, 2.75) is 52.1 Å². The molecule has 8 heteroatoms. The van der Waals surface area contributed by atoms with Crippen molar-refractivity contribution in [1.29, 1.82) is 0 Å². The third-order valence-corrected chi connectivity index (χ3v) is 3.40. The maximum absolute atomic E-state index is 12.3. The highest BCUT2D eigenvalue weighted by molar-refractivity contribution is 6.01. The Morgan fingerprint density at radius 2 is 1.88 bits per heavy atom. The second-order valence-corrected chi connectivity index (χ2v) is 5.58. The van der Waals surface area contributed by atoms with Crippen LogP contribution in [0.25, 0.3) is 0 Å². The summed E-state index contributed by atoms with van der Waals surface area (Å²) in [4.78, 5) is 22.6. The van der Waals surface area contributed by atoms with Gasteiger partial charge in [0.1, 0.15) is 0 Å². The van der Waals surface area contributed by atoms with E-state index in [1.165, 1.54) is 18.2 Å². The third-order valence-electron chi connectivity index (χ3n) is 3.40. The van der Waals surface area contributed by atoms with Gasteiger partial charge in [-0.15, -0.1) is 0 Å². The van der Waals surface area contributed by atoms with Gasteiger partial charge in [0.25, 0.3) is 0 Å². The van der Waals surface area contributed by atoms with Crippen molar-refractivity contribution in [3.63, 3.8) is 0 Å². The van der Waals surface area contributed by atoms with Gasteiger partial charge in [0.15, 0.2) is 0 Å². The smallest absolute Gasteiger partial charge is 0.318 e. The van der Waals surface area contributed by atoms with Gasteiger partial charge in [-0.1, -0.05) is 38.3 Å². The fraction of sp³-hybridized carbons (Fsp3) is 0.471. The van der Waals surface area contributed by atoms with E-state index in [1.807, 2.05) is 0 Å². The standard InChI is InChI=1S/C17H22F3N3O2/c1-3-4-5-6-10-15(24)23-22-12(2)13-8-7-9-14(11-13)21-16(25)17(18,19)20/h7-9,11H,3-6,10H2,1-2H3,(H,21,25)(H,23,24). The van der Waals surface area contributed by atoms with Crippen molar-refractivity contribution in [1.82, 2.24) is 5.43 Å². The number of halogens is 3. The topological polar surface area (TPSA) is 70.6 Å². The molecule has 0 saturated heterocycles. The third kappa shape index (κ3) is 7.82. The molecule has 0 bridgehead atoms. The number of rotatable bonds is 8. The summed E-state index contributed by atoms with van der Waals surface area (Å²) in [5.41, 5.74) is 3.34. The molecule has 0 aromatic heterocycles. The zero-order valence-corrected chi connectivity index (χ0v) is 14.2. The number of hydrogen-bond acceptors (Lipinski definition) is 3. The number of hydrogen-bond donors (Lipinski definition) is 2. The Labute approximate surface area is 144 Å². The van der Waals surface area contributed by atoms with Crippen LogP contribution in [-0.4, -0.2) is 23.7 Å². The predicted octanol–water partition coefficient (Wildman–Crippen LogP) is 4.00. The summed E-state index contributed by atoms with van der Waals surface area (Å²) in [6.45, 7) is 3.70. The second-order valence-electron chi connectivity index (χ2n) is 5.58. The molecule has 138 valence electrons. The molecule has 0 saturated carbocycles. The molecule has 1 aromatic carbocycles. The van der Waals surface area contributed by atoms with Gasteiger partial charge in [-0.05, 0) is 31.0 Å². The number of nitrogens with one attached hydrogen (secondary N) is 2. The molecular weight excluding hydrogens is 335 g/mol. The maximum Gasteiger partial charge on any atom is 0.471 e. The first-order chi connectivity index (χ1) is 11.7. The summed E-state index contributed by atoms with van der Waals surface area (Å²) in [5.74, 6) is -2.25. The van der Waals surface area contributed by atoms with E-state index in [0.717, 1.165) is 25.7 Å². The number of benzene rings is 1. The van der Waals surface area contributed by atoms with Crippen LogP contribution in [0.4, 0.5) is 18.9 Å². The first kappa shape index (κ1) is 20.7. The molecule has 1 aromatic rings. The van der Waals surface area contributed by atoms with Crippen molar-refractivity contribution in [3.8, 4) is 0 Å². The number of anilines is 1. The number of carbonyl (C=O) groups excluding carboxylic acids is 2. The van der Waals surface area contributed by atoms with Gasteiger partial charge in [0.2, 0.25) is 5.91 Å². The van der Waals surface area contributed by atoms with Crippen molar-refractivity contribution < 1.29 is 22.8 Å². The lowest BCUT2D eigenvalue weighted by atomic mass is 10.1. The quantitative estimate of drug-likeness (QED) is 0.419. The van der Waals surface area contributed by atoms with E-state index in [4.69, 9.17) is 0 Å². The number of alkyl halides is 3. The van der Waals surface area contributed by atoms with Gasteiger partial charge in [-0.25, -0.2) is 5.43 Å². The summed E-state index contributed by atoms with van der Waals surface area (Å²) >= 11 is 0. The van der Waals surface area contributed by atoms with E-state index >= 15 is 0 Å². The second kappa shape index (κ2) is 9.80. The van der Waals surface area contributed by atoms with Crippen LogP contribution >= 0.6 is 0 Å². The minimum atomic E-state index is -4.95. The molecular formula is C17H22F3N3O2. The minimum absolute atomic E-state index is 0.000247. The summed E-state index contributed by atoms with van der Waals surface area (Å²) < 4.78 is 36.8. The number of hydrazone groups is 1. The van der Waals surface area contributed by atoms with Crippen molar-refractivity contribution >= 4 is 23.2 Å². The van der Waals surface area contributed by atoms with Gasteiger partial charge in [-0.3, -0.25) is 9.59 Å². The lowest BCUT2D eigenvalue weighted by molar-refractivity contribution is -0.167. The molecule has 0 unspecified atom stereocenters. The monoisotopic (exact) mass is 357 g/mol. The van der Waals surface area contributed by atoms with Crippen LogP contribution in [0.1, 0.15) is 51.5 Å². The Kier molecular flexibility index (Phi) is 8.10. The number of nitrogens with zero attached hydrogens (tertiary/aromatic N) is 1. The summed E-state index contributed by atoms with van der Waals surface area (Å²) in [7, 11) is 0. The molecule has 2 amide bonds. The van der Waals surface area contributed by atoms with Crippen LogP contribution in [0.5, 0.6) is 0 Å². The molecule has 1 rings (SSSR count). The SMILES string of the molecule is CCCCCCC(=O)NN=C(C)c1cccc(NC(=O)C(F)(F)F)c1. The molecule has 0 aliphatic carbocycles. The van der Waals surface area contributed by atoms with Gasteiger partial charge >= 0.3 is 12.1 Å². The van der Waals surface area contributed by atoms with Crippen molar-refractivity contribution in [3.05, 3.63) is 29.8 Å². The lowest BCUT2D eigenvalue weighted by Crippen LogP contribution is -2.29. The largest absolute Gasteiger partial charge is 0.471 e. The highest BCUT2D eigenvalue weighted by Gasteiger charge is 2.38. The highest BCUT2D eigenvalue weighted by Crippen LogP contribution is 2.19. The summed E-state index contributed by atoms with van der Waals surface area (Å²) in [6.07, 6.45) is -0.657. The minimum Gasteiger partial charge on any atom is -0.318 e. The fourth-order valence-corrected chi connectivity index (χ4v) is 2.00. The van der Waals surface area contributed by atoms with E-state index in [0.29, 0.717) is 17.7 Å². The molecule has 0 heterocycles. The van der Waals surface area contributed by atoms with Gasteiger partial charge < -0.3 is 5.32 Å². The van der Waals surface area contributed by atoms with Crippen LogP contribution in [0.2, 0.25) is 0 Å². The molecule has 0 spiro atoms. The van der Waals surface area contributed by atoms with E-state index in [9.17, 15) is 22.8 Å². The first-order valence-corrected chi connectivity index (χ1v) is 8.05. The van der Waals surface area contributed by atoms with Crippen LogP contribution in [-0.2, 0) is 9.59 Å². The van der Waals surface area contributed by atoms with Crippen molar-refractivity contribution in [2.75, 3.05) is 5.32 Å². The molecule has 0 aliphatic rings. The lowest BCUT2D eigenvalue weighted by Gasteiger charge is -2.09. The maximum atomic E-state index is 12.3. The van der Waals surface area contributed by atoms with Crippen LogP contribution in [0.3, 0.4) is 0 Å². The number of amides is 2. The van der Waals surface area contributed by atoms with Crippen LogP contribution in [0, 0.1) is 0 Å². The zero-order chi connectivity index (χ0) is 18.9. The van der Waals surface area contributed by atoms with Crippen molar-refractivity contribution in [2.24, 2.45) is 5.10 Å². The normalized spacial score (nSPS) is 12.0. The van der Waals surface area contributed by atoms with E-state index in [1.54, 1.807) is 18.3 Å². The highest BCUT2D eigenvalue weighted by atomic mass is 19.4. The van der Waals surface area contributed by atoms with Crippen LogP contribution < -0.4 is 10.7 Å². The van der Waals surface area contributed by atoms with E-state index in [2.05, 4.69) is 17.5 Å². The Balaban J connectivity index is 2.63. The Morgan fingerprint density at radius 3 is 2.52 bits per heavy atom. The molecule has 2 N–H and O–H groups in total. The molecule has 5 nitrogen and oxygen atoms in total. The average Bonchev–Trinajstić information content (AvgIpc) is 2.56. The van der Waals surface area contributed by atoms with Gasteiger partial charge in [0, 0.05) is 12.1 Å². The molecule has 0 radical (unpaired) electrons. The van der Waals surface area contributed by atoms with E-state index in [-0.39, 0.29) is 11.6 Å². The molecule has 0 fully saturated rings. The fourth-order valence-electron chi connectivity index (χ4n) is 2.00. The molecule has 25 heavy (non-hydrogen) atoms. The Hall–Kier alpha value is -2.38. The Bertz CT molecular complexity index is 628. The summed E-state index contributed by atoms with van der Waals surface area (Å²) in [5, 5.41) is 5.72. The molecule has 0 atom stereocenters. The summed E-state index contributed by atoms with van der Waals surface area (Å²) in [6, 6.07) is 5.81. The number of unbranched alkanes of at least 4 members (excludes halogenated alkanes) is 3. The number of carbonyl (C=O) groups is 2. The zero-order valence-electron chi connectivity index (χ0n) is 14.2. The van der Waals surface area contributed by atoms with E-state index < -0.39 is 12.1 Å². The predicted molar refractivity (Wildman–Crippen MR) is 90.2 cm³/mol. The van der Waals surface area contributed by atoms with Gasteiger partial charge in [-0.2, -0.15) is 18.3 Å². The average molecular weight is 357 g/mol. The van der Waals surface area contributed by atoms with Gasteiger partial charge in [0.05, 0.1) is 5.71 Å².